The van der Waals surface area contributed by atoms with E-state index in [1.165, 1.54) is 6.92 Å². The number of allylic oxidation sites excluding steroid dienone is 2. The molecule has 0 aliphatic heterocycles. The number of nitrogens with two attached hydrogens (primary N) is 1. The maximum atomic E-state index is 10.7. The second-order valence-corrected chi connectivity index (χ2v) is 3.82. The molecule has 0 saturated heterocycles. The number of aliphatic carboxylic acids is 1. The normalized spacial score (nSPS) is 29.9. The van der Waals surface area contributed by atoms with Gasteiger partial charge < -0.3 is 9.84 Å². The van der Waals surface area contributed by atoms with Crippen molar-refractivity contribution in [2.24, 2.45) is 5.73 Å². The second-order valence-electron chi connectivity index (χ2n) is 3.82. The minimum Gasteiger partial charge on any atom is -0.478 e. The summed E-state index contributed by atoms with van der Waals surface area (Å²) in [5.41, 5.74) is 3.22. The number of ether oxygens (including phenoxy) is 1. The first kappa shape index (κ1) is 10.9. The Morgan fingerprint density at radius 3 is 2.71 bits per heavy atom. The predicted octanol–water partition coefficient (Wildman–Crippen LogP) is 1.04. The molecule has 78 valence electrons. The largest absolute Gasteiger partial charge is 0.478 e. The first-order valence-electron chi connectivity index (χ1n) is 4.43. The van der Waals surface area contributed by atoms with Crippen LogP contribution in [0.4, 0.5) is 0 Å². The number of hydrogen-bond acceptors (Lipinski definition) is 3. The smallest absolute Gasteiger partial charge is 0.350 e. The van der Waals surface area contributed by atoms with E-state index < -0.39 is 17.3 Å². The van der Waals surface area contributed by atoms with Crippen LogP contribution in [0.5, 0.6) is 0 Å². The van der Waals surface area contributed by atoms with E-state index in [0.29, 0.717) is 6.42 Å². The van der Waals surface area contributed by atoms with E-state index >= 15 is 0 Å². The zero-order valence-corrected chi connectivity index (χ0v) is 8.36. The van der Waals surface area contributed by atoms with Crippen molar-refractivity contribution in [1.29, 1.82) is 0 Å². The molecule has 0 aromatic heterocycles. The summed E-state index contributed by atoms with van der Waals surface area (Å²) in [6, 6.07) is 0. The monoisotopic (exact) mass is 197 g/mol. The molecule has 0 radical (unpaired) electrons. The Balaban J connectivity index is 2.73. The summed E-state index contributed by atoms with van der Waals surface area (Å²) in [7, 11) is 0. The van der Waals surface area contributed by atoms with Crippen LogP contribution >= 0.6 is 0 Å². The van der Waals surface area contributed by atoms with Crippen molar-refractivity contribution in [3.63, 3.8) is 0 Å². The Kier molecular flexibility index (Phi) is 2.78. The van der Waals surface area contributed by atoms with E-state index in [1.807, 2.05) is 18.2 Å². The molecule has 4 heteroatoms. The molecular weight excluding hydrogens is 182 g/mol. The van der Waals surface area contributed by atoms with Gasteiger partial charge in [0, 0.05) is 0 Å². The van der Waals surface area contributed by atoms with Gasteiger partial charge in [-0.2, -0.15) is 0 Å². The van der Waals surface area contributed by atoms with Crippen LogP contribution in [0, 0.1) is 0 Å². The third kappa shape index (κ3) is 2.43. The van der Waals surface area contributed by atoms with Crippen molar-refractivity contribution >= 4 is 5.97 Å². The van der Waals surface area contributed by atoms with Gasteiger partial charge in [-0.3, -0.25) is 5.73 Å². The van der Waals surface area contributed by atoms with Gasteiger partial charge in [-0.1, -0.05) is 24.3 Å². The third-order valence-corrected chi connectivity index (χ3v) is 2.09. The lowest BCUT2D eigenvalue weighted by Gasteiger charge is -2.34. The Morgan fingerprint density at radius 1 is 1.64 bits per heavy atom. The zero-order chi connectivity index (χ0) is 10.8. The summed E-state index contributed by atoms with van der Waals surface area (Å²) >= 11 is 0. The summed E-state index contributed by atoms with van der Waals surface area (Å²) in [4.78, 5) is 10.7. The highest BCUT2D eigenvalue weighted by Crippen LogP contribution is 2.25. The summed E-state index contributed by atoms with van der Waals surface area (Å²) in [6.07, 6.45) is 8.06. The molecule has 1 aliphatic rings. The van der Waals surface area contributed by atoms with Gasteiger partial charge in [-0.05, 0) is 20.3 Å². The van der Waals surface area contributed by atoms with Crippen LogP contribution in [-0.2, 0) is 9.53 Å². The lowest BCUT2D eigenvalue weighted by Crippen LogP contribution is -2.52. The molecule has 0 spiro atoms. The van der Waals surface area contributed by atoms with Gasteiger partial charge in [0.05, 0.1) is 5.60 Å². The SMILES string of the molecule is CC1(OC(C)(N)C(=O)O)C=CC=CC1. The van der Waals surface area contributed by atoms with E-state index in [0.717, 1.165) is 0 Å². The van der Waals surface area contributed by atoms with Crippen molar-refractivity contribution in [2.45, 2.75) is 31.6 Å². The van der Waals surface area contributed by atoms with Crippen molar-refractivity contribution in [2.75, 3.05) is 0 Å². The minimum atomic E-state index is -1.65. The fraction of sp³-hybridized carbons (Fsp3) is 0.500. The van der Waals surface area contributed by atoms with E-state index in [9.17, 15) is 4.79 Å². The number of carbonyl (C=O) groups is 1. The predicted molar refractivity (Wildman–Crippen MR) is 52.6 cm³/mol. The van der Waals surface area contributed by atoms with Gasteiger partial charge in [0.15, 0.2) is 0 Å². The molecule has 0 saturated carbocycles. The fourth-order valence-corrected chi connectivity index (χ4v) is 1.31. The summed E-state index contributed by atoms with van der Waals surface area (Å²) in [5.74, 6) is -1.17. The zero-order valence-electron chi connectivity index (χ0n) is 8.36. The Labute approximate surface area is 83.0 Å². The van der Waals surface area contributed by atoms with Gasteiger partial charge in [-0.25, -0.2) is 4.79 Å². The number of hydrogen-bond donors (Lipinski definition) is 2. The lowest BCUT2D eigenvalue weighted by atomic mass is 9.97. The topological polar surface area (TPSA) is 72.5 Å². The van der Waals surface area contributed by atoms with E-state index in [4.69, 9.17) is 15.6 Å². The highest BCUT2D eigenvalue weighted by Gasteiger charge is 2.37. The molecule has 14 heavy (non-hydrogen) atoms. The van der Waals surface area contributed by atoms with E-state index in [1.54, 1.807) is 13.0 Å². The maximum Gasteiger partial charge on any atom is 0.350 e. The molecule has 0 aromatic carbocycles. The Bertz CT molecular complexity index is 294. The summed E-state index contributed by atoms with van der Waals surface area (Å²) < 4.78 is 5.37. The molecule has 3 N–H and O–H groups in total. The Morgan fingerprint density at radius 2 is 2.29 bits per heavy atom. The first-order chi connectivity index (χ1) is 6.36. The van der Waals surface area contributed by atoms with Crippen molar-refractivity contribution in [3.05, 3.63) is 24.3 Å². The molecule has 2 unspecified atom stereocenters. The van der Waals surface area contributed by atoms with Gasteiger partial charge in [0.25, 0.3) is 0 Å². The molecule has 4 nitrogen and oxygen atoms in total. The molecular formula is C10H15NO3. The second kappa shape index (κ2) is 3.55. The van der Waals surface area contributed by atoms with Gasteiger partial charge in [0.2, 0.25) is 5.72 Å². The van der Waals surface area contributed by atoms with E-state index in [-0.39, 0.29) is 0 Å². The fourth-order valence-electron chi connectivity index (χ4n) is 1.31. The standard InChI is InChI=1S/C10H15NO3/c1-9(6-4-3-5-7-9)14-10(2,11)8(12)13/h3-6H,7,11H2,1-2H3,(H,12,13). The van der Waals surface area contributed by atoms with Crippen LogP contribution < -0.4 is 5.73 Å². The van der Waals surface area contributed by atoms with Gasteiger partial charge in [0.1, 0.15) is 0 Å². The number of carboxylic acid groups (broad SMARTS) is 1. The molecule has 1 aliphatic carbocycles. The van der Waals surface area contributed by atoms with Gasteiger partial charge >= 0.3 is 5.97 Å². The van der Waals surface area contributed by atoms with Crippen LogP contribution in [0.2, 0.25) is 0 Å². The van der Waals surface area contributed by atoms with E-state index in [2.05, 4.69) is 0 Å². The third-order valence-electron chi connectivity index (χ3n) is 2.09. The molecule has 0 aromatic rings. The van der Waals surface area contributed by atoms with Crippen molar-refractivity contribution < 1.29 is 14.6 Å². The van der Waals surface area contributed by atoms with Crippen LogP contribution in [0.1, 0.15) is 20.3 Å². The molecule has 0 heterocycles. The average Bonchev–Trinajstić information content (AvgIpc) is 2.03. The summed E-state index contributed by atoms with van der Waals surface area (Å²) in [6.45, 7) is 3.15. The molecule has 2 atom stereocenters. The van der Waals surface area contributed by atoms with Crippen LogP contribution in [0.15, 0.2) is 24.3 Å². The average molecular weight is 197 g/mol. The number of carboxylic acids is 1. The quantitative estimate of drug-likeness (QED) is 0.663. The highest BCUT2D eigenvalue weighted by molar-refractivity contribution is 5.76. The Hall–Kier alpha value is -1.13. The van der Waals surface area contributed by atoms with Crippen LogP contribution in [0.3, 0.4) is 0 Å². The highest BCUT2D eigenvalue weighted by atomic mass is 16.6. The lowest BCUT2D eigenvalue weighted by molar-refractivity contribution is -0.177. The van der Waals surface area contributed by atoms with Gasteiger partial charge in [-0.15, -0.1) is 0 Å². The molecule has 1 rings (SSSR count). The van der Waals surface area contributed by atoms with Crippen LogP contribution in [-0.4, -0.2) is 22.4 Å². The minimum absolute atomic E-state index is 0.628. The number of rotatable bonds is 3. The van der Waals surface area contributed by atoms with Crippen molar-refractivity contribution in [1.82, 2.24) is 0 Å². The molecule has 0 bridgehead atoms. The first-order valence-corrected chi connectivity index (χ1v) is 4.43. The van der Waals surface area contributed by atoms with Crippen molar-refractivity contribution in [3.8, 4) is 0 Å². The summed E-state index contributed by atoms with van der Waals surface area (Å²) in [5, 5.41) is 8.79. The maximum absolute atomic E-state index is 10.7. The molecule has 0 fully saturated rings. The molecule has 0 amide bonds. The van der Waals surface area contributed by atoms with Crippen LogP contribution in [0.25, 0.3) is 0 Å².